The number of halogens is 1. The molecule has 1 heterocycles. The number of nitro benzene ring substituents is 1. The van der Waals surface area contributed by atoms with Crippen LogP contribution in [-0.2, 0) is 17.8 Å². The maximum Gasteiger partial charge on any atom is 0.269 e. The van der Waals surface area contributed by atoms with Gasteiger partial charge in [-0.1, -0.05) is 19.1 Å². The number of nitrogens with zero attached hydrogens (tertiary/aromatic N) is 2. The lowest BCUT2D eigenvalue weighted by Crippen LogP contribution is -2.19. The summed E-state index contributed by atoms with van der Waals surface area (Å²) >= 11 is 4.82. The summed E-state index contributed by atoms with van der Waals surface area (Å²) in [5.41, 5.74) is 3.56. The lowest BCUT2D eigenvalue weighted by molar-refractivity contribution is -0.384. The molecule has 1 amide bonds. The van der Waals surface area contributed by atoms with Crippen molar-refractivity contribution in [3.8, 4) is 11.5 Å². The van der Waals surface area contributed by atoms with E-state index in [0.717, 1.165) is 23.2 Å². The lowest BCUT2D eigenvalue weighted by Gasteiger charge is -2.15. The molecule has 0 aromatic heterocycles. The van der Waals surface area contributed by atoms with Gasteiger partial charge in [0.1, 0.15) is 6.61 Å². The van der Waals surface area contributed by atoms with Gasteiger partial charge in [0.05, 0.1) is 26.6 Å². The van der Waals surface area contributed by atoms with Crippen LogP contribution in [0.2, 0.25) is 0 Å². The van der Waals surface area contributed by atoms with Gasteiger partial charge < -0.3 is 14.8 Å². The molecule has 0 saturated carbocycles. The van der Waals surface area contributed by atoms with E-state index < -0.39 is 4.92 Å². The van der Waals surface area contributed by atoms with Crippen molar-refractivity contribution in [3.05, 3.63) is 96.8 Å². The number of nitro groups is 1. The van der Waals surface area contributed by atoms with Crippen molar-refractivity contribution in [2.75, 3.05) is 6.61 Å². The molecule has 0 bridgehead atoms. The zero-order valence-electron chi connectivity index (χ0n) is 20.2. The van der Waals surface area contributed by atoms with E-state index >= 15 is 0 Å². The van der Waals surface area contributed by atoms with Gasteiger partial charge in [-0.25, -0.2) is 4.99 Å². The van der Waals surface area contributed by atoms with Gasteiger partial charge in [-0.2, -0.15) is 0 Å². The van der Waals surface area contributed by atoms with E-state index in [1.54, 1.807) is 24.3 Å². The van der Waals surface area contributed by atoms with Gasteiger partial charge in [-0.05, 0) is 100 Å². The third-order valence-electron chi connectivity index (χ3n) is 5.39. The van der Waals surface area contributed by atoms with Crippen LogP contribution < -0.4 is 14.8 Å². The van der Waals surface area contributed by atoms with Crippen LogP contribution in [0.5, 0.6) is 11.5 Å². The van der Waals surface area contributed by atoms with Crippen molar-refractivity contribution >= 4 is 56.2 Å². The molecule has 0 spiro atoms. The van der Waals surface area contributed by atoms with E-state index in [-0.39, 0.29) is 18.2 Å². The SMILES string of the molecule is CCOc1cc(/C=C2\SC(=Nc3ccc(CC)cc3)NC2=O)cc(Br)c1OCc1ccc([N+](=O)[O-])cc1. The minimum atomic E-state index is -0.441. The molecule has 8 nitrogen and oxygen atoms in total. The van der Waals surface area contributed by atoms with Crippen LogP contribution in [0.1, 0.15) is 30.5 Å². The summed E-state index contributed by atoms with van der Waals surface area (Å²) in [5, 5.41) is 14.2. The summed E-state index contributed by atoms with van der Waals surface area (Å²) in [5.74, 6) is 0.795. The number of hydrogen-bond donors (Lipinski definition) is 1. The van der Waals surface area contributed by atoms with Gasteiger partial charge in [0.2, 0.25) is 0 Å². The summed E-state index contributed by atoms with van der Waals surface area (Å²) in [6.07, 6.45) is 2.73. The van der Waals surface area contributed by atoms with E-state index in [1.807, 2.05) is 37.3 Å². The van der Waals surface area contributed by atoms with Crippen LogP contribution in [0, 0.1) is 10.1 Å². The van der Waals surface area contributed by atoms with Crippen molar-refractivity contribution in [3.63, 3.8) is 0 Å². The average molecular weight is 582 g/mol. The van der Waals surface area contributed by atoms with Crippen molar-refractivity contribution in [2.45, 2.75) is 26.9 Å². The van der Waals surface area contributed by atoms with Crippen LogP contribution in [0.4, 0.5) is 11.4 Å². The molecule has 3 aromatic rings. The van der Waals surface area contributed by atoms with Crippen LogP contribution in [0.15, 0.2) is 75.0 Å². The number of aliphatic imine (C=N–C) groups is 1. The number of non-ortho nitro benzene ring substituents is 1. The first-order valence-corrected chi connectivity index (χ1v) is 13.2. The molecule has 0 atom stereocenters. The fourth-order valence-corrected chi connectivity index (χ4v) is 4.92. The molecule has 1 N–H and O–H groups in total. The smallest absolute Gasteiger partial charge is 0.269 e. The van der Waals surface area contributed by atoms with E-state index in [2.05, 4.69) is 33.2 Å². The lowest BCUT2D eigenvalue weighted by atomic mass is 10.1. The minimum Gasteiger partial charge on any atom is -0.490 e. The number of hydrogen-bond acceptors (Lipinski definition) is 7. The number of aryl methyl sites for hydroxylation is 1. The molecule has 0 unspecified atom stereocenters. The summed E-state index contributed by atoms with van der Waals surface area (Å²) < 4.78 is 12.4. The molecule has 1 fully saturated rings. The van der Waals surface area contributed by atoms with Gasteiger partial charge in [0.25, 0.3) is 11.6 Å². The number of nitrogens with one attached hydrogen (secondary N) is 1. The number of carbonyl (C=O) groups excluding carboxylic acids is 1. The Morgan fingerprint density at radius 3 is 2.41 bits per heavy atom. The largest absolute Gasteiger partial charge is 0.490 e. The standard InChI is InChI=1S/C27H24BrN3O5S/c1-3-17-5-9-20(10-6-17)29-27-30-26(32)24(37-27)15-19-13-22(28)25(23(14-19)35-4-2)36-16-18-7-11-21(12-8-18)31(33)34/h5-15H,3-4,16H2,1-2H3,(H,29,30,32)/b24-15-. The molecule has 1 aliphatic heterocycles. The Morgan fingerprint density at radius 2 is 1.76 bits per heavy atom. The van der Waals surface area contributed by atoms with Crippen molar-refractivity contribution in [2.24, 2.45) is 4.99 Å². The first-order chi connectivity index (χ1) is 17.9. The molecule has 4 rings (SSSR count). The second-order valence-corrected chi connectivity index (χ2v) is 9.86. The molecule has 10 heteroatoms. The topological polar surface area (TPSA) is 103 Å². The Balaban J connectivity index is 1.52. The average Bonchev–Trinajstić information content (AvgIpc) is 3.22. The highest BCUT2D eigenvalue weighted by atomic mass is 79.9. The normalized spacial score (nSPS) is 15.2. The summed E-state index contributed by atoms with van der Waals surface area (Å²) in [7, 11) is 0. The van der Waals surface area contributed by atoms with Gasteiger partial charge >= 0.3 is 0 Å². The monoisotopic (exact) mass is 581 g/mol. The van der Waals surface area contributed by atoms with Gasteiger partial charge in [-0.15, -0.1) is 0 Å². The molecule has 1 aliphatic rings. The zero-order chi connectivity index (χ0) is 26.4. The highest BCUT2D eigenvalue weighted by Crippen LogP contribution is 2.39. The highest BCUT2D eigenvalue weighted by Gasteiger charge is 2.24. The first kappa shape index (κ1) is 26.4. The predicted molar refractivity (Wildman–Crippen MR) is 149 cm³/mol. The van der Waals surface area contributed by atoms with Gasteiger partial charge in [-0.3, -0.25) is 14.9 Å². The van der Waals surface area contributed by atoms with Gasteiger partial charge in [0, 0.05) is 12.1 Å². The van der Waals surface area contributed by atoms with E-state index in [4.69, 9.17) is 9.47 Å². The summed E-state index contributed by atoms with van der Waals surface area (Å²) in [6, 6.07) is 17.7. The molecule has 3 aromatic carbocycles. The number of amides is 1. The fourth-order valence-electron chi connectivity index (χ4n) is 3.50. The van der Waals surface area contributed by atoms with Gasteiger partial charge in [0.15, 0.2) is 16.7 Å². The molecular weight excluding hydrogens is 558 g/mol. The molecule has 1 saturated heterocycles. The Hall–Kier alpha value is -3.63. The Morgan fingerprint density at radius 1 is 1.05 bits per heavy atom. The fraction of sp³-hybridized carbons (Fsp3) is 0.185. The van der Waals surface area contributed by atoms with E-state index in [0.29, 0.717) is 32.7 Å². The summed E-state index contributed by atoms with van der Waals surface area (Å²) in [4.78, 5) is 28.0. The molecular formula is C27H24BrN3O5S. The van der Waals surface area contributed by atoms with Crippen LogP contribution in [0.25, 0.3) is 6.08 Å². The maximum absolute atomic E-state index is 12.6. The minimum absolute atomic E-state index is 0.0220. The Bertz CT molecular complexity index is 1370. The zero-order valence-corrected chi connectivity index (χ0v) is 22.6. The molecule has 0 radical (unpaired) electrons. The third kappa shape index (κ3) is 6.78. The van der Waals surface area contributed by atoms with Crippen LogP contribution in [0.3, 0.4) is 0 Å². The second kappa shape index (κ2) is 12.1. The van der Waals surface area contributed by atoms with E-state index in [9.17, 15) is 14.9 Å². The van der Waals surface area contributed by atoms with Crippen molar-refractivity contribution < 1.29 is 19.2 Å². The number of benzene rings is 3. The number of rotatable bonds is 9. The number of thioether (sulfide) groups is 1. The van der Waals surface area contributed by atoms with Crippen LogP contribution in [-0.4, -0.2) is 22.6 Å². The molecule has 190 valence electrons. The van der Waals surface area contributed by atoms with Crippen molar-refractivity contribution in [1.29, 1.82) is 0 Å². The summed E-state index contributed by atoms with van der Waals surface area (Å²) in [6.45, 7) is 4.59. The third-order valence-corrected chi connectivity index (χ3v) is 6.88. The van der Waals surface area contributed by atoms with Crippen molar-refractivity contribution in [1.82, 2.24) is 5.32 Å². The molecule has 0 aliphatic carbocycles. The van der Waals surface area contributed by atoms with Crippen LogP contribution >= 0.6 is 27.7 Å². The number of carbonyl (C=O) groups is 1. The predicted octanol–water partition coefficient (Wildman–Crippen LogP) is 6.79. The second-order valence-electron chi connectivity index (χ2n) is 7.98. The Labute approximate surface area is 227 Å². The number of ether oxygens (including phenoxy) is 2. The first-order valence-electron chi connectivity index (χ1n) is 11.6. The maximum atomic E-state index is 12.6. The highest BCUT2D eigenvalue weighted by molar-refractivity contribution is 9.10. The quantitative estimate of drug-likeness (QED) is 0.169. The number of amidine groups is 1. The Kier molecular flexibility index (Phi) is 8.62. The molecule has 37 heavy (non-hydrogen) atoms. The van der Waals surface area contributed by atoms with E-state index in [1.165, 1.54) is 29.5 Å².